The average molecular weight is 545 g/mol. The fourth-order valence-corrected chi connectivity index (χ4v) is 5.36. The zero-order valence-corrected chi connectivity index (χ0v) is 18.9. The third-order valence-corrected chi connectivity index (χ3v) is 8.67. The van der Waals surface area contributed by atoms with Gasteiger partial charge in [0.05, 0.1) is 0 Å². The van der Waals surface area contributed by atoms with E-state index in [1.165, 1.54) is 24.3 Å². The van der Waals surface area contributed by atoms with Crippen molar-refractivity contribution in [2.75, 3.05) is 6.54 Å². The van der Waals surface area contributed by atoms with Crippen molar-refractivity contribution >= 4 is 27.6 Å². The second-order valence-corrected chi connectivity index (χ2v) is 10.9. The summed E-state index contributed by atoms with van der Waals surface area (Å²) in [5, 5.41) is 30.9. The van der Waals surface area contributed by atoms with Crippen LogP contribution in [0.3, 0.4) is 0 Å². The maximum absolute atomic E-state index is 14.7. The molecule has 3 atom stereocenters. The summed E-state index contributed by atoms with van der Waals surface area (Å²) < 4.78 is 12.8. The Morgan fingerprint density at radius 3 is 2.31 bits per heavy atom. The van der Waals surface area contributed by atoms with Crippen molar-refractivity contribution in [3.05, 3.63) is 34.9 Å². The molecule has 29 heavy (non-hydrogen) atoms. The number of carboxylic acid groups (broad SMARTS) is 1. The molecule has 0 aliphatic carbocycles. The summed E-state index contributed by atoms with van der Waals surface area (Å²) in [7, 11) is 0. The average Bonchev–Trinajstić information content (AvgIpc) is 2.66. The third-order valence-electron chi connectivity index (χ3n) is 4.45. The van der Waals surface area contributed by atoms with Gasteiger partial charge in [-0.3, -0.25) is 0 Å². The molecule has 164 valence electrons. The third kappa shape index (κ3) is 7.89. The molecule has 0 amide bonds. The molecule has 0 aliphatic heterocycles. The van der Waals surface area contributed by atoms with Crippen LogP contribution in [-0.2, 0) is 14.4 Å². The molecule has 0 aliphatic rings. The number of hydrogen-bond acceptors (Lipinski definition) is 6. The molecule has 1 unspecified atom stereocenters. The Morgan fingerprint density at radius 1 is 1.28 bits per heavy atom. The van der Waals surface area contributed by atoms with Gasteiger partial charge in [0, 0.05) is 0 Å². The Morgan fingerprint density at radius 2 is 1.86 bits per heavy atom. The second-order valence-electron chi connectivity index (χ2n) is 6.85. The Bertz CT molecular complexity index is 702. The summed E-state index contributed by atoms with van der Waals surface area (Å²) >= 11 is 4.14. The van der Waals surface area contributed by atoms with Crippen molar-refractivity contribution in [2.45, 2.75) is 48.6 Å². The number of hydrogen-bond donors (Lipinski definition) is 4. The zero-order valence-electron chi connectivity index (χ0n) is 16.0. The van der Waals surface area contributed by atoms with Crippen LogP contribution in [-0.4, -0.2) is 53.7 Å². The van der Waals surface area contributed by atoms with E-state index in [-0.39, 0.29) is 30.9 Å². The van der Waals surface area contributed by atoms with Crippen molar-refractivity contribution < 1.29 is 55.3 Å². The maximum atomic E-state index is 14.7. The molecule has 0 radical (unpaired) electrons. The van der Waals surface area contributed by atoms with Gasteiger partial charge in [-0.15, -0.1) is 0 Å². The summed E-state index contributed by atoms with van der Waals surface area (Å²) in [6.07, 6.45) is -3.50. The first kappa shape index (κ1) is 25.9. The van der Waals surface area contributed by atoms with Crippen molar-refractivity contribution in [2.24, 2.45) is 5.92 Å². The number of rotatable bonds is 13. The van der Waals surface area contributed by atoms with E-state index >= 15 is 0 Å². The quantitative estimate of drug-likeness (QED) is 0.0800. The second kappa shape index (κ2) is 11.9. The molecular formula is C19H25ClFINO6-. The van der Waals surface area contributed by atoms with E-state index in [2.05, 4.69) is 5.32 Å². The molecule has 0 bridgehead atoms. The standard InChI is InChI=1S/C19H25ClFINO6/c1-11(2)19(10-24,9-23-14(18(28)29)7-8-15(25)26)22-17(27)16(21)12-3-5-13(20)6-4-12/h3-6,10-11,14,16,18,23,28-29H,7-9H2,1-2H3,(H,25,26)/q-1/t14-,16?,19-/m1/s1. The fourth-order valence-electron chi connectivity index (χ4n) is 2.45. The molecular weight excluding hydrogens is 520 g/mol. The van der Waals surface area contributed by atoms with Crippen LogP contribution in [0.25, 0.3) is 0 Å². The number of halogens is 3. The van der Waals surface area contributed by atoms with Crippen LogP contribution in [0.2, 0.25) is 5.02 Å². The van der Waals surface area contributed by atoms with Crippen LogP contribution in [0.4, 0.5) is 4.39 Å². The predicted molar refractivity (Wildman–Crippen MR) is 101 cm³/mol. The number of aliphatic hydroxyl groups excluding tert-OH is 1. The van der Waals surface area contributed by atoms with E-state index in [1.807, 2.05) is 0 Å². The summed E-state index contributed by atoms with van der Waals surface area (Å²) in [6.45, 7) is 3.35. The van der Waals surface area contributed by atoms with Gasteiger partial charge in [0.25, 0.3) is 0 Å². The molecule has 0 saturated carbocycles. The van der Waals surface area contributed by atoms with E-state index in [1.54, 1.807) is 13.8 Å². The Hall–Kier alpha value is -1.14. The SMILES string of the molecule is CC(C)[C@](C=O)(CN[C@H](CCC(=O)O)C(O)O)[I-]C(=O)C(F)c1ccc(Cl)cc1. The molecule has 0 saturated heterocycles. The van der Waals surface area contributed by atoms with Gasteiger partial charge in [0.1, 0.15) is 0 Å². The molecule has 1 rings (SSSR count). The van der Waals surface area contributed by atoms with Crippen LogP contribution in [0, 0.1) is 5.92 Å². The van der Waals surface area contributed by atoms with Crippen molar-refractivity contribution in [3.63, 3.8) is 0 Å². The molecule has 0 fully saturated rings. The fraction of sp³-hybridized carbons (Fsp3) is 0.526. The molecule has 0 spiro atoms. The number of benzene rings is 1. The number of carbonyl (C=O) groups is 3. The van der Waals surface area contributed by atoms with Crippen LogP contribution in [0.1, 0.15) is 38.4 Å². The Kier molecular flexibility index (Phi) is 10.6. The minimum atomic E-state index is -1.88. The van der Waals surface area contributed by atoms with E-state index in [4.69, 9.17) is 16.7 Å². The van der Waals surface area contributed by atoms with Gasteiger partial charge in [-0.2, -0.15) is 0 Å². The monoisotopic (exact) mass is 544 g/mol. The van der Waals surface area contributed by atoms with Crippen LogP contribution in [0.5, 0.6) is 0 Å². The number of nitrogens with one attached hydrogen (secondary N) is 1. The summed E-state index contributed by atoms with van der Waals surface area (Å²) in [6, 6.07) is 4.77. The van der Waals surface area contributed by atoms with Gasteiger partial charge in [-0.1, -0.05) is 0 Å². The van der Waals surface area contributed by atoms with E-state index in [9.17, 15) is 29.0 Å². The van der Waals surface area contributed by atoms with Gasteiger partial charge in [0.2, 0.25) is 0 Å². The number of alkyl halides is 2. The van der Waals surface area contributed by atoms with Crippen molar-refractivity contribution in [1.29, 1.82) is 0 Å². The molecule has 1 aromatic carbocycles. The van der Waals surface area contributed by atoms with Crippen LogP contribution >= 0.6 is 11.6 Å². The number of aliphatic carboxylic acids is 1. The van der Waals surface area contributed by atoms with E-state index in [0.717, 1.165) is 0 Å². The molecule has 10 heteroatoms. The molecule has 4 N–H and O–H groups in total. The molecule has 7 nitrogen and oxygen atoms in total. The topological polar surface area (TPSA) is 124 Å². The Labute approximate surface area is 183 Å². The zero-order chi connectivity index (χ0) is 22.2. The van der Waals surface area contributed by atoms with Gasteiger partial charge in [-0.05, 0) is 0 Å². The van der Waals surface area contributed by atoms with Gasteiger partial charge >= 0.3 is 184 Å². The first-order valence-electron chi connectivity index (χ1n) is 8.89. The van der Waals surface area contributed by atoms with E-state index < -0.39 is 52.9 Å². The summed E-state index contributed by atoms with van der Waals surface area (Å²) in [5.74, 6) is -1.42. The van der Waals surface area contributed by atoms with Crippen molar-refractivity contribution in [3.8, 4) is 0 Å². The number of aliphatic hydroxyl groups is 2. The summed E-state index contributed by atoms with van der Waals surface area (Å²) in [4.78, 5) is 35.2. The normalized spacial score (nSPS) is 15.9. The number of aldehydes is 1. The van der Waals surface area contributed by atoms with Crippen LogP contribution < -0.4 is 26.5 Å². The number of carboxylic acids is 1. The van der Waals surface area contributed by atoms with Crippen molar-refractivity contribution in [1.82, 2.24) is 5.32 Å². The molecule has 0 heterocycles. The van der Waals surface area contributed by atoms with Gasteiger partial charge in [0.15, 0.2) is 0 Å². The first-order chi connectivity index (χ1) is 13.5. The van der Waals surface area contributed by atoms with Crippen LogP contribution in [0.15, 0.2) is 24.3 Å². The Balaban J connectivity index is 2.93. The van der Waals surface area contributed by atoms with Gasteiger partial charge < -0.3 is 0 Å². The minimum absolute atomic E-state index is 0.0805. The van der Waals surface area contributed by atoms with Gasteiger partial charge in [-0.25, -0.2) is 0 Å². The predicted octanol–water partition coefficient (Wildman–Crippen LogP) is -1.31. The molecule has 1 aromatic rings. The number of carbonyl (C=O) groups excluding carboxylic acids is 2. The van der Waals surface area contributed by atoms with E-state index in [0.29, 0.717) is 11.3 Å². The first-order valence-corrected chi connectivity index (χ1v) is 11.4. The summed E-state index contributed by atoms with van der Waals surface area (Å²) in [5.41, 5.74) is 0.153. The molecule has 0 aromatic heterocycles.